The summed E-state index contributed by atoms with van der Waals surface area (Å²) in [7, 11) is 0. The second-order valence-corrected chi connectivity index (χ2v) is 4.22. The third-order valence-electron chi connectivity index (χ3n) is 2.81. The summed E-state index contributed by atoms with van der Waals surface area (Å²) in [6.07, 6.45) is -3.83. The third kappa shape index (κ3) is 2.52. The van der Waals surface area contributed by atoms with E-state index < -0.39 is 11.9 Å². The number of aryl methyl sites for hydroxylation is 2. The van der Waals surface area contributed by atoms with Crippen LogP contribution < -0.4 is 0 Å². The summed E-state index contributed by atoms with van der Waals surface area (Å²) in [6.45, 7) is 3.39. The predicted octanol–water partition coefficient (Wildman–Crippen LogP) is 3.79. The number of halogens is 3. The highest BCUT2D eigenvalue weighted by molar-refractivity contribution is 5.80. The summed E-state index contributed by atoms with van der Waals surface area (Å²) < 4.78 is 42.1. The van der Waals surface area contributed by atoms with Crippen LogP contribution in [-0.2, 0) is 6.18 Å². The monoisotopic (exact) mass is 269 g/mol. The molecule has 0 saturated heterocycles. The number of hydrogen-bond acceptors (Lipinski definition) is 3. The zero-order chi connectivity index (χ0) is 14.2. The lowest BCUT2D eigenvalue weighted by molar-refractivity contribution is -0.142. The van der Waals surface area contributed by atoms with Gasteiger partial charge in [-0.2, -0.15) is 13.2 Å². The van der Waals surface area contributed by atoms with E-state index in [0.29, 0.717) is 28.5 Å². The van der Waals surface area contributed by atoms with E-state index in [1.165, 1.54) is 0 Å². The first-order valence-corrected chi connectivity index (χ1v) is 5.43. The molecule has 2 aromatic rings. The fraction of sp³-hybridized carbons (Fsp3) is 0.231. The van der Waals surface area contributed by atoms with Gasteiger partial charge in [0, 0.05) is 17.2 Å². The van der Waals surface area contributed by atoms with Crippen molar-refractivity contribution < 1.29 is 22.5 Å². The van der Waals surface area contributed by atoms with Crippen molar-refractivity contribution in [2.75, 3.05) is 0 Å². The molecule has 0 aliphatic heterocycles. The normalized spacial score (nSPS) is 11.6. The van der Waals surface area contributed by atoms with Crippen molar-refractivity contribution in [2.24, 2.45) is 0 Å². The Kier molecular flexibility index (Phi) is 3.18. The van der Waals surface area contributed by atoms with E-state index in [0.717, 1.165) is 6.07 Å². The SMILES string of the molecule is Cc1cc(-c2cc(C(F)(F)F)no2)c(C)cc1C=O. The van der Waals surface area contributed by atoms with Crippen LogP contribution in [0.2, 0.25) is 0 Å². The van der Waals surface area contributed by atoms with Crippen molar-refractivity contribution in [2.45, 2.75) is 20.0 Å². The quantitative estimate of drug-likeness (QED) is 0.779. The Hall–Kier alpha value is -2.11. The van der Waals surface area contributed by atoms with E-state index in [1.807, 2.05) is 0 Å². The van der Waals surface area contributed by atoms with E-state index in [1.54, 1.807) is 26.0 Å². The second kappa shape index (κ2) is 4.53. The Balaban J connectivity index is 2.51. The molecule has 0 amide bonds. The van der Waals surface area contributed by atoms with Crippen molar-refractivity contribution in [3.05, 3.63) is 40.6 Å². The molecule has 3 nitrogen and oxygen atoms in total. The standard InChI is InChI=1S/C13H10F3NO2/c1-7-4-10(8(2)3-9(7)6-18)11-5-12(17-19-11)13(14,15)16/h3-6H,1-2H3. The third-order valence-corrected chi connectivity index (χ3v) is 2.81. The first kappa shape index (κ1) is 13.3. The van der Waals surface area contributed by atoms with Crippen LogP contribution in [0.4, 0.5) is 13.2 Å². The smallest absolute Gasteiger partial charge is 0.356 e. The molecule has 0 aliphatic rings. The summed E-state index contributed by atoms with van der Waals surface area (Å²) in [5.74, 6) is 0.0328. The highest BCUT2D eigenvalue weighted by atomic mass is 19.4. The van der Waals surface area contributed by atoms with Gasteiger partial charge in [0.05, 0.1) is 0 Å². The largest absolute Gasteiger partial charge is 0.436 e. The Labute approximate surface area is 107 Å². The zero-order valence-electron chi connectivity index (χ0n) is 10.2. The van der Waals surface area contributed by atoms with Crippen LogP contribution in [0.15, 0.2) is 22.7 Å². The van der Waals surface area contributed by atoms with Crippen LogP contribution in [0.25, 0.3) is 11.3 Å². The number of aldehydes is 1. The van der Waals surface area contributed by atoms with E-state index >= 15 is 0 Å². The molecule has 0 bridgehead atoms. The summed E-state index contributed by atoms with van der Waals surface area (Å²) in [5, 5.41) is 3.01. The Morgan fingerprint density at radius 1 is 1.16 bits per heavy atom. The van der Waals surface area contributed by atoms with Crippen molar-refractivity contribution in [1.82, 2.24) is 5.16 Å². The molecule has 0 atom stereocenters. The molecule has 19 heavy (non-hydrogen) atoms. The van der Waals surface area contributed by atoms with Crippen molar-refractivity contribution >= 4 is 6.29 Å². The maximum absolute atomic E-state index is 12.4. The lowest BCUT2D eigenvalue weighted by atomic mass is 9.99. The number of aromatic nitrogens is 1. The molecule has 0 radical (unpaired) electrons. The van der Waals surface area contributed by atoms with Gasteiger partial charge in [-0.15, -0.1) is 0 Å². The predicted molar refractivity (Wildman–Crippen MR) is 61.8 cm³/mol. The number of nitrogens with zero attached hydrogens (tertiary/aromatic N) is 1. The average Bonchev–Trinajstić information content (AvgIpc) is 2.80. The summed E-state index contributed by atoms with van der Waals surface area (Å²) in [5.41, 5.74) is 1.24. The number of rotatable bonds is 2. The molecule has 0 unspecified atom stereocenters. The molecule has 0 fully saturated rings. The maximum atomic E-state index is 12.4. The Morgan fingerprint density at radius 3 is 2.37 bits per heavy atom. The van der Waals surface area contributed by atoms with Crippen LogP contribution in [0.5, 0.6) is 0 Å². The molecular formula is C13H10F3NO2. The highest BCUT2D eigenvalue weighted by Gasteiger charge is 2.35. The van der Waals surface area contributed by atoms with Crippen LogP contribution in [-0.4, -0.2) is 11.4 Å². The van der Waals surface area contributed by atoms with Crippen LogP contribution in [0.3, 0.4) is 0 Å². The van der Waals surface area contributed by atoms with Crippen molar-refractivity contribution in [1.29, 1.82) is 0 Å². The maximum Gasteiger partial charge on any atom is 0.436 e. The Morgan fingerprint density at radius 2 is 1.84 bits per heavy atom. The number of hydrogen-bond donors (Lipinski definition) is 0. The van der Waals surface area contributed by atoms with E-state index in [9.17, 15) is 18.0 Å². The number of carbonyl (C=O) groups excluding carboxylic acids is 1. The topological polar surface area (TPSA) is 43.1 Å². The fourth-order valence-electron chi connectivity index (χ4n) is 1.77. The molecule has 0 spiro atoms. The first-order chi connectivity index (χ1) is 8.82. The van der Waals surface area contributed by atoms with Gasteiger partial charge in [0.25, 0.3) is 0 Å². The van der Waals surface area contributed by atoms with Gasteiger partial charge in [0.15, 0.2) is 11.5 Å². The Bertz CT molecular complexity index is 629. The van der Waals surface area contributed by atoms with Crippen molar-refractivity contribution in [3.63, 3.8) is 0 Å². The molecule has 100 valence electrons. The average molecular weight is 269 g/mol. The minimum Gasteiger partial charge on any atom is -0.356 e. The minimum atomic E-state index is -4.53. The van der Waals surface area contributed by atoms with Crippen LogP contribution >= 0.6 is 0 Å². The molecular weight excluding hydrogens is 259 g/mol. The molecule has 1 heterocycles. The molecule has 0 N–H and O–H groups in total. The van der Waals surface area contributed by atoms with Gasteiger partial charge in [0.2, 0.25) is 0 Å². The summed E-state index contributed by atoms with van der Waals surface area (Å²) in [4.78, 5) is 10.8. The lowest BCUT2D eigenvalue weighted by Gasteiger charge is -2.05. The molecule has 1 aromatic carbocycles. The second-order valence-electron chi connectivity index (χ2n) is 4.22. The van der Waals surface area contributed by atoms with Gasteiger partial charge in [0.1, 0.15) is 6.29 Å². The minimum absolute atomic E-state index is 0.0328. The number of benzene rings is 1. The lowest BCUT2D eigenvalue weighted by Crippen LogP contribution is -2.04. The highest BCUT2D eigenvalue weighted by Crippen LogP contribution is 2.33. The van der Waals surface area contributed by atoms with Crippen LogP contribution in [0, 0.1) is 13.8 Å². The molecule has 1 aromatic heterocycles. The van der Waals surface area contributed by atoms with E-state index in [4.69, 9.17) is 4.52 Å². The fourth-order valence-corrected chi connectivity index (χ4v) is 1.77. The first-order valence-electron chi connectivity index (χ1n) is 5.43. The number of carbonyl (C=O) groups is 1. The molecule has 6 heteroatoms. The zero-order valence-corrected chi connectivity index (χ0v) is 10.2. The van der Waals surface area contributed by atoms with Gasteiger partial charge in [-0.3, -0.25) is 4.79 Å². The molecule has 0 saturated carbocycles. The van der Waals surface area contributed by atoms with E-state index in [2.05, 4.69) is 5.16 Å². The van der Waals surface area contributed by atoms with Crippen LogP contribution in [0.1, 0.15) is 27.2 Å². The molecule has 0 aliphatic carbocycles. The van der Waals surface area contributed by atoms with Gasteiger partial charge >= 0.3 is 6.18 Å². The van der Waals surface area contributed by atoms with E-state index in [-0.39, 0.29) is 5.76 Å². The number of alkyl halides is 3. The summed E-state index contributed by atoms with van der Waals surface area (Å²) >= 11 is 0. The van der Waals surface area contributed by atoms with Gasteiger partial charge in [-0.05, 0) is 37.1 Å². The van der Waals surface area contributed by atoms with Gasteiger partial charge in [-0.25, -0.2) is 0 Å². The summed E-state index contributed by atoms with van der Waals surface area (Å²) in [6, 6.07) is 4.07. The molecule has 2 rings (SSSR count). The van der Waals surface area contributed by atoms with Gasteiger partial charge in [-0.1, -0.05) is 5.16 Å². The van der Waals surface area contributed by atoms with Gasteiger partial charge < -0.3 is 4.52 Å². The van der Waals surface area contributed by atoms with Crippen molar-refractivity contribution in [3.8, 4) is 11.3 Å².